The van der Waals surface area contributed by atoms with Crippen molar-refractivity contribution in [3.05, 3.63) is 26.7 Å². The van der Waals surface area contributed by atoms with Crippen molar-refractivity contribution in [2.45, 2.75) is 25.9 Å². The van der Waals surface area contributed by atoms with Gasteiger partial charge >= 0.3 is 0 Å². The number of aliphatic hydroxyl groups is 1. The highest BCUT2D eigenvalue weighted by molar-refractivity contribution is 9.10. The summed E-state index contributed by atoms with van der Waals surface area (Å²) in [5.41, 5.74) is 1.93. The average molecular weight is 349 g/mol. The molecule has 8 heteroatoms. The van der Waals surface area contributed by atoms with Gasteiger partial charge in [0.05, 0.1) is 5.69 Å². The summed E-state index contributed by atoms with van der Waals surface area (Å²) in [6, 6.07) is 0. The van der Waals surface area contributed by atoms with Crippen LogP contribution in [0.4, 0.5) is 0 Å². The Hall–Kier alpha value is -0.920. The molecule has 0 saturated carbocycles. The van der Waals surface area contributed by atoms with Crippen molar-refractivity contribution >= 4 is 27.5 Å². The lowest BCUT2D eigenvalue weighted by Gasteiger charge is -2.13. The fraction of sp³-hybridized carbons (Fsp3) is 0.545. The van der Waals surface area contributed by atoms with Crippen LogP contribution >= 0.6 is 27.5 Å². The third kappa shape index (κ3) is 2.42. The molecule has 0 aliphatic heterocycles. The number of aryl methyl sites for hydroxylation is 2. The lowest BCUT2D eigenvalue weighted by Crippen LogP contribution is -2.09. The topological polar surface area (TPSA) is 68.8 Å². The lowest BCUT2D eigenvalue weighted by atomic mass is 10.0. The van der Waals surface area contributed by atoms with Crippen molar-refractivity contribution in [2.75, 3.05) is 0 Å². The Morgan fingerprint density at radius 2 is 1.89 bits per heavy atom. The Morgan fingerprint density at radius 3 is 2.37 bits per heavy atom. The third-order valence-electron chi connectivity index (χ3n) is 2.95. The molecule has 1 N–H and O–H groups in total. The van der Waals surface area contributed by atoms with Gasteiger partial charge < -0.3 is 5.11 Å². The minimum Gasteiger partial charge on any atom is -0.382 e. The first-order valence-corrected chi connectivity index (χ1v) is 6.97. The van der Waals surface area contributed by atoms with Gasteiger partial charge in [-0.25, -0.2) is 4.68 Å². The molecule has 19 heavy (non-hydrogen) atoms. The zero-order valence-corrected chi connectivity index (χ0v) is 13.4. The van der Waals surface area contributed by atoms with Gasteiger partial charge in [-0.15, -0.1) is 5.10 Å². The van der Waals surface area contributed by atoms with E-state index in [0.29, 0.717) is 21.0 Å². The molecule has 0 saturated heterocycles. The van der Waals surface area contributed by atoms with Gasteiger partial charge in [-0.2, -0.15) is 5.10 Å². The van der Waals surface area contributed by atoms with Crippen molar-refractivity contribution in [3.63, 3.8) is 0 Å². The van der Waals surface area contributed by atoms with Crippen molar-refractivity contribution in [1.82, 2.24) is 24.8 Å². The van der Waals surface area contributed by atoms with Gasteiger partial charge in [-0.05, 0) is 21.8 Å². The Labute approximate surface area is 124 Å². The molecular formula is C11H15BrClN5O. The van der Waals surface area contributed by atoms with E-state index in [-0.39, 0.29) is 5.92 Å². The summed E-state index contributed by atoms with van der Waals surface area (Å²) in [6.07, 6.45) is -0.923. The molecule has 0 amide bonds. The van der Waals surface area contributed by atoms with Crippen LogP contribution in [0.3, 0.4) is 0 Å². The molecule has 2 aromatic rings. The predicted octanol–water partition coefficient (Wildman–Crippen LogP) is 2.17. The molecule has 6 nitrogen and oxygen atoms in total. The van der Waals surface area contributed by atoms with Crippen LogP contribution in [0.2, 0.25) is 5.15 Å². The van der Waals surface area contributed by atoms with Crippen LogP contribution in [0.1, 0.15) is 42.8 Å². The van der Waals surface area contributed by atoms with Crippen LogP contribution in [0.15, 0.2) is 4.60 Å². The van der Waals surface area contributed by atoms with E-state index in [1.165, 1.54) is 4.68 Å². The Bertz CT molecular complexity index is 587. The van der Waals surface area contributed by atoms with E-state index in [1.807, 2.05) is 13.8 Å². The van der Waals surface area contributed by atoms with Crippen LogP contribution in [0.5, 0.6) is 0 Å². The summed E-state index contributed by atoms with van der Waals surface area (Å²) in [4.78, 5) is 0. The molecule has 0 aromatic carbocycles. The molecule has 2 aromatic heterocycles. The van der Waals surface area contributed by atoms with Crippen LogP contribution in [-0.2, 0) is 14.1 Å². The molecule has 2 rings (SSSR count). The zero-order chi connectivity index (χ0) is 14.3. The fourth-order valence-electron chi connectivity index (χ4n) is 1.98. The largest absolute Gasteiger partial charge is 0.382 e. The maximum atomic E-state index is 10.6. The van der Waals surface area contributed by atoms with E-state index in [0.717, 1.165) is 5.69 Å². The van der Waals surface area contributed by atoms with Crippen molar-refractivity contribution in [2.24, 2.45) is 14.1 Å². The van der Waals surface area contributed by atoms with E-state index in [9.17, 15) is 5.11 Å². The van der Waals surface area contributed by atoms with E-state index in [1.54, 1.807) is 18.8 Å². The summed E-state index contributed by atoms with van der Waals surface area (Å²) in [7, 11) is 3.47. The Morgan fingerprint density at radius 1 is 1.26 bits per heavy atom. The van der Waals surface area contributed by atoms with Gasteiger partial charge in [-0.3, -0.25) is 4.68 Å². The number of hydrogen-bond acceptors (Lipinski definition) is 4. The number of hydrogen-bond donors (Lipinski definition) is 1. The van der Waals surface area contributed by atoms with Gasteiger partial charge in [0.2, 0.25) is 0 Å². The van der Waals surface area contributed by atoms with Crippen molar-refractivity contribution < 1.29 is 5.11 Å². The first kappa shape index (κ1) is 14.5. The quantitative estimate of drug-likeness (QED) is 0.923. The number of halogens is 2. The van der Waals surface area contributed by atoms with E-state index < -0.39 is 6.10 Å². The second-order valence-electron chi connectivity index (χ2n) is 4.66. The minimum absolute atomic E-state index is 0.156. The molecule has 2 heterocycles. The van der Waals surface area contributed by atoms with Gasteiger partial charge in [0.25, 0.3) is 0 Å². The number of aliphatic hydroxyl groups excluding tert-OH is 1. The smallest absolute Gasteiger partial charge is 0.154 e. The zero-order valence-electron chi connectivity index (χ0n) is 11.1. The highest BCUT2D eigenvalue weighted by atomic mass is 79.9. The lowest BCUT2D eigenvalue weighted by molar-refractivity contribution is 0.207. The molecule has 0 radical (unpaired) electrons. The van der Waals surface area contributed by atoms with Gasteiger partial charge in [0, 0.05) is 19.7 Å². The average Bonchev–Trinajstić information content (AvgIpc) is 2.81. The summed E-state index contributed by atoms with van der Waals surface area (Å²) >= 11 is 9.53. The molecule has 0 aliphatic rings. The molecule has 0 aliphatic carbocycles. The van der Waals surface area contributed by atoms with Gasteiger partial charge in [-0.1, -0.05) is 30.7 Å². The monoisotopic (exact) mass is 347 g/mol. The first-order valence-electron chi connectivity index (χ1n) is 5.80. The Kier molecular flexibility index (Phi) is 3.98. The molecular weight excluding hydrogens is 334 g/mol. The van der Waals surface area contributed by atoms with Crippen LogP contribution in [-0.4, -0.2) is 29.9 Å². The highest BCUT2D eigenvalue weighted by Gasteiger charge is 2.28. The molecule has 1 unspecified atom stereocenters. The molecule has 0 fully saturated rings. The second-order valence-corrected chi connectivity index (χ2v) is 5.77. The summed E-state index contributed by atoms with van der Waals surface area (Å²) < 4.78 is 3.58. The van der Waals surface area contributed by atoms with E-state index in [4.69, 9.17) is 11.6 Å². The fourth-order valence-corrected chi connectivity index (χ4v) is 2.77. The van der Waals surface area contributed by atoms with Crippen LogP contribution in [0, 0.1) is 0 Å². The van der Waals surface area contributed by atoms with Crippen molar-refractivity contribution in [3.8, 4) is 0 Å². The number of aromatic nitrogens is 5. The second kappa shape index (κ2) is 5.22. The van der Waals surface area contributed by atoms with Crippen LogP contribution < -0.4 is 0 Å². The molecule has 0 spiro atoms. The van der Waals surface area contributed by atoms with Gasteiger partial charge in [0.15, 0.2) is 4.60 Å². The number of rotatable bonds is 3. The third-order valence-corrected chi connectivity index (χ3v) is 3.96. The maximum absolute atomic E-state index is 10.6. The summed E-state index contributed by atoms with van der Waals surface area (Å²) in [5, 5.41) is 23.1. The highest BCUT2D eigenvalue weighted by Crippen LogP contribution is 2.35. The SMILES string of the molecule is CC(C)c1nn(C)c(Cl)c1C(O)c1c(Br)nnn1C. The van der Waals surface area contributed by atoms with E-state index in [2.05, 4.69) is 31.3 Å². The summed E-state index contributed by atoms with van der Waals surface area (Å²) in [6.45, 7) is 4.01. The Balaban J connectivity index is 2.59. The standard InChI is InChI=1S/C11H15BrClN5O/c1-5(2)7-6(11(13)18(4)15-7)9(19)8-10(12)14-16-17(8)3/h5,9,19H,1-4H3. The van der Waals surface area contributed by atoms with Crippen molar-refractivity contribution in [1.29, 1.82) is 0 Å². The first-order chi connectivity index (χ1) is 8.84. The molecule has 104 valence electrons. The minimum atomic E-state index is -0.923. The summed E-state index contributed by atoms with van der Waals surface area (Å²) in [5.74, 6) is 0.156. The molecule has 0 bridgehead atoms. The predicted molar refractivity (Wildman–Crippen MR) is 75.1 cm³/mol. The molecule has 1 atom stereocenters. The number of nitrogens with zero attached hydrogens (tertiary/aromatic N) is 5. The normalized spacial score (nSPS) is 13.3. The van der Waals surface area contributed by atoms with Gasteiger partial charge in [0.1, 0.15) is 17.0 Å². The van der Waals surface area contributed by atoms with E-state index >= 15 is 0 Å². The maximum Gasteiger partial charge on any atom is 0.154 e. The van der Waals surface area contributed by atoms with Crippen LogP contribution in [0.25, 0.3) is 0 Å².